The molecule has 3 heterocycles. The molecule has 2 amide bonds. The van der Waals surface area contributed by atoms with Crippen molar-refractivity contribution in [1.82, 2.24) is 9.88 Å². The molecule has 0 atom stereocenters. The maximum atomic E-state index is 12.8. The van der Waals surface area contributed by atoms with E-state index in [1.165, 1.54) is 0 Å². The lowest BCUT2D eigenvalue weighted by Crippen LogP contribution is -2.52. The van der Waals surface area contributed by atoms with Gasteiger partial charge in [-0.25, -0.2) is 4.98 Å². The maximum Gasteiger partial charge on any atom is 0.242 e. The average molecular weight is 350 g/mol. The molecule has 0 unspecified atom stereocenters. The minimum Gasteiger partial charge on any atom is -0.353 e. The van der Waals surface area contributed by atoms with Crippen LogP contribution in [-0.2, 0) is 16.0 Å². The number of benzene rings is 1. The van der Waals surface area contributed by atoms with Gasteiger partial charge in [0.15, 0.2) is 0 Å². The Balaban J connectivity index is 1.40. The van der Waals surface area contributed by atoms with E-state index in [-0.39, 0.29) is 18.4 Å². The highest BCUT2D eigenvalue weighted by Gasteiger charge is 2.29. The number of aromatic nitrogens is 1. The van der Waals surface area contributed by atoms with Gasteiger partial charge in [-0.3, -0.25) is 9.59 Å². The number of hydrogen-bond acceptors (Lipinski definition) is 4. The van der Waals surface area contributed by atoms with Crippen LogP contribution < -0.4 is 9.80 Å². The van der Waals surface area contributed by atoms with Crippen LogP contribution in [0, 0.1) is 0 Å². The summed E-state index contributed by atoms with van der Waals surface area (Å²) in [6, 6.07) is 13.7. The second-order valence-corrected chi connectivity index (χ2v) is 6.66. The van der Waals surface area contributed by atoms with Gasteiger partial charge < -0.3 is 14.7 Å². The van der Waals surface area contributed by atoms with E-state index in [9.17, 15) is 9.59 Å². The summed E-state index contributed by atoms with van der Waals surface area (Å²) in [6.45, 7) is 2.94. The lowest BCUT2D eigenvalue weighted by molar-refractivity contribution is -0.131. The van der Waals surface area contributed by atoms with E-state index in [0.29, 0.717) is 19.5 Å². The number of para-hydroxylation sites is 1. The summed E-state index contributed by atoms with van der Waals surface area (Å²) in [5.41, 5.74) is 2.02. The smallest absolute Gasteiger partial charge is 0.242 e. The Morgan fingerprint density at radius 1 is 0.962 bits per heavy atom. The highest BCUT2D eigenvalue weighted by atomic mass is 16.2. The van der Waals surface area contributed by atoms with Gasteiger partial charge in [-0.05, 0) is 30.2 Å². The predicted octanol–water partition coefficient (Wildman–Crippen LogP) is 1.71. The van der Waals surface area contributed by atoms with E-state index in [0.717, 1.165) is 36.6 Å². The fourth-order valence-electron chi connectivity index (χ4n) is 3.63. The summed E-state index contributed by atoms with van der Waals surface area (Å²) in [7, 11) is 0. The van der Waals surface area contributed by atoms with Crippen LogP contribution in [0.2, 0.25) is 0 Å². The van der Waals surface area contributed by atoms with Crippen molar-refractivity contribution in [2.75, 3.05) is 42.5 Å². The van der Waals surface area contributed by atoms with Gasteiger partial charge in [0.25, 0.3) is 0 Å². The number of fused-ring (bicyclic) bond motifs is 1. The monoisotopic (exact) mass is 350 g/mol. The normalized spacial score (nSPS) is 17.2. The molecule has 0 spiro atoms. The van der Waals surface area contributed by atoms with Gasteiger partial charge in [-0.2, -0.15) is 0 Å². The quantitative estimate of drug-likeness (QED) is 0.846. The summed E-state index contributed by atoms with van der Waals surface area (Å²) < 4.78 is 0. The van der Waals surface area contributed by atoms with Crippen LogP contribution in [-0.4, -0.2) is 54.4 Å². The molecule has 2 aliphatic rings. The first-order chi connectivity index (χ1) is 12.7. The number of pyridine rings is 1. The lowest BCUT2D eigenvalue weighted by Gasteiger charge is -2.37. The number of aryl methyl sites for hydroxylation is 1. The van der Waals surface area contributed by atoms with Crippen molar-refractivity contribution in [2.45, 2.75) is 12.8 Å². The minimum absolute atomic E-state index is 0.00993. The van der Waals surface area contributed by atoms with Crippen LogP contribution in [0.25, 0.3) is 0 Å². The zero-order valence-electron chi connectivity index (χ0n) is 14.7. The van der Waals surface area contributed by atoms with Crippen LogP contribution in [0.1, 0.15) is 12.0 Å². The van der Waals surface area contributed by atoms with E-state index < -0.39 is 0 Å². The molecule has 6 heteroatoms. The van der Waals surface area contributed by atoms with Crippen molar-refractivity contribution in [2.24, 2.45) is 0 Å². The number of rotatable bonds is 3. The third-order valence-electron chi connectivity index (χ3n) is 5.09. The Hall–Kier alpha value is -2.89. The third kappa shape index (κ3) is 3.27. The van der Waals surface area contributed by atoms with Crippen molar-refractivity contribution in [3.8, 4) is 0 Å². The number of piperazine rings is 1. The van der Waals surface area contributed by atoms with Crippen LogP contribution in [0.15, 0.2) is 48.7 Å². The highest BCUT2D eigenvalue weighted by Crippen LogP contribution is 2.27. The summed E-state index contributed by atoms with van der Waals surface area (Å²) in [6.07, 6.45) is 3.01. The zero-order chi connectivity index (χ0) is 17.9. The average Bonchev–Trinajstić information content (AvgIpc) is 2.71. The van der Waals surface area contributed by atoms with Gasteiger partial charge in [0.1, 0.15) is 12.4 Å². The number of amides is 2. The molecule has 1 aromatic heterocycles. The molecule has 0 bridgehead atoms. The lowest BCUT2D eigenvalue weighted by atomic mass is 10.0. The Bertz CT molecular complexity index is 800. The summed E-state index contributed by atoms with van der Waals surface area (Å²) in [4.78, 5) is 35.2. The molecule has 1 saturated heterocycles. The van der Waals surface area contributed by atoms with Gasteiger partial charge in [0.05, 0.1) is 0 Å². The molecule has 1 aromatic carbocycles. The predicted molar refractivity (Wildman–Crippen MR) is 100 cm³/mol. The Morgan fingerprint density at radius 3 is 2.50 bits per heavy atom. The molecule has 1 fully saturated rings. The summed E-state index contributed by atoms with van der Waals surface area (Å²) in [5.74, 6) is 0.986. The van der Waals surface area contributed by atoms with Crippen LogP contribution in [0.5, 0.6) is 0 Å². The minimum atomic E-state index is 0.00993. The second kappa shape index (κ2) is 7.15. The summed E-state index contributed by atoms with van der Waals surface area (Å²) in [5, 5.41) is 0. The molecule has 6 nitrogen and oxygen atoms in total. The molecular weight excluding hydrogens is 328 g/mol. The maximum absolute atomic E-state index is 12.8. The number of nitrogens with zero attached hydrogens (tertiary/aromatic N) is 4. The van der Waals surface area contributed by atoms with Gasteiger partial charge in [0.2, 0.25) is 11.8 Å². The van der Waals surface area contributed by atoms with E-state index >= 15 is 0 Å². The van der Waals surface area contributed by atoms with Crippen LogP contribution in [0.3, 0.4) is 0 Å². The Kier molecular flexibility index (Phi) is 4.56. The molecule has 134 valence electrons. The third-order valence-corrected chi connectivity index (χ3v) is 5.09. The molecular formula is C20H22N4O2. The van der Waals surface area contributed by atoms with Crippen molar-refractivity contribution in [3.05, 3.63) is 54.2 Å². The molecule has 0 aliphatic carbocycles. The van der Waals surface area contributed by atoms with Gasteiger partial charge in [-0.1, -0.05) is 24.3 Å². The topological polar surface area (TPSA) is 56.8 Å². The van der Waals surface area contributed by atoms with E-state index in [1.807, 2.05) is 47.4 Å². The SMILES string of the molecule is O=C(CN1C(=O)CCc2ccccc21)N1CCN(c2ccccn2)CC1. The fraction of sp³-hybridized carbons (Fsp3) is 0.350. The molecule has 26 heavy (non-hydrogen) atoms. The Morgan fingerprint density at radius 2 is 1.73 bits per heavy atom. The van der Waals surface area contributed by atoms with Gasteiger partial charge in [-0.15, -0.1) is 0 Å². The number of carbonyl (C=O) groups excluding carboxylic acids is 2. The first-order valence-electron chi connectivity index (χ1n) is 9.04. The van der Waals surface area contributed by atoms with Crippen molar-refractivity contribution in [1.29, 1.82) is 0 Å². The standard InChI is InChI=1S/C20H22N4O2/c25-19-9-8-16-5-1-2-6-17(16)24(19)15-20(26)23-13-11-22(12-14-23)18-7-3-4-10-21-18/h1-7,10H,8-9,11-15H2. The fourth-order valence-corrected chi connectivity index (χ4v) is 3.63. The molecule has 2 aliphatic heterocycles. The van der Waals surface area contributed by atoms with Crippen molar-refractivity contribution >= 4 is 23.3 Å². The second-order valence-electron chi connectivity index (χ2n) is 6.66. The molecule has 4 rings (SSSR count). The van der Waals surface area contributed by atoms with E-state index in [4.69, 9.17) is 0 Å². The number of hydrogen-bond donors (Lipinski definition) is 0. The first-order valence-corrected chi connectivity index (χ1v) is 9.04. The molecule has 0 N–H and O–H groups in total. The van der Waals surface area contributed by atoms with Crippen LogP contribution >= 0.6 is 0 Å². The van der Waals surface area contributed by atoms with E-state index in [1.54, 1.807) is 11.1 Å². The number of carbonyl (C=O) groups is 2. The molecule has 2 aromatic rings. The summed E-state index contributed by atoms with van der Waals surface area (Å²) >= 11 is 0. The Labute approximate surface area is 153 Å². The van der Waals surface area contributed by atoms with Crippen molar-refractivity contribution in [3.63, 3.8) is 0 Å². The highest BCUT2D eigenvalue weighted by molar-refractivity contribution is 6.01. The van der Waals surface area contributed by atoms with E-state index in [2.05, 4.69) is 9.88 Å². The largest absolute Gasteiger partial charge is 0.353 e. The first kappa shape index (κ1) is 16.6. The number of anilines is 2. The van der Waals surface area contributed by atoms with Crippen molar-refractivity contribution < 1.29 is 9.59 Å². The molecule has 0 radical (unpaired) electrons. The van der Waals surface area contributed by atoms with Gasteiger partial charge in [0, 0.05) is 44.5 Å². The molecule has 0 saturated carbocycles. The van der Waals surface area contributed by atoms with Gasteiger partial charge >= 0.3 is 0 Å². The zero-order valence-corrected chi connectivity index (χ0v) is 14.7. The van der Waals surface area contributed by atoms with Crippen LogP contribution in [0.4, 0.5) is 11.5 Å².